The molecule has 3 nitrogen and oxygen atoms in total. The van der Waals surface area contributed by atoms with E-state index in [0.29, 0.717) is 5.92 Å². The van der Waals surface area contributed by atoms with Crippen molar-refractivity contribution in [2.45, 2.75) is 33.1 Å². The first-order chi connectivity index (χ1) is 7.16. The SMILES string of the molecule is CCc1c2ccncc2c(C(C)C)n1N. The van der Waals surface area contributed by atoms with Gasteiger partial charge in [0.2, 0.25) is 0 Å². The fraction of sp³-hybridized carbons (Fsp3) is 0.417. The minimum absolute atomic E-state index is 0.419. The van der Waals surface area contributed by atoms with Gasteiger partial charge in [-0.2, -0.15) is 0 Å². The summed E-state index contributed by atoms with van der Waals surface area (Å²) in [5.41, 5.74) is 2.37. The molecule has 0 atom stereocenters. The molecule has 0 fully saturated rings. The fourth-order valence-corrected chi connectivity index (χ4v) is 2.21. The number of hydrogen-bond acceptors (Lipinski definition) is 2. The molecule has 0 aliphatic carbocycles. The van der Waals surface area contributed by atoms with Crippen LogP contribution in [0.1, 0.15) is 38.1 Å². The summed E-state index contributed by atoms with van der Waals surface area (Å²) in [5, 5.41) is 2.42. The van der Waals surface area contributed by atoms with Gasteiger partial charge >= 0.3 is 0 Å². The summed E-state index contributed by atoms with van der Waals surface area (Å²) in [6, 6.07) is 2.05. The van der Waals surface area contributed by atoms with E-state index in [1.54, 1.807) is 0 Å². The molecule has 0 aromatic carbocycles. The van der Waals surface area contributed by atoms with Crippen molar-refractivity contribution in [1.29, 1.82) is 0 Å². The van der Waals surface area contributed by atoms with Crippen LogP contribution in [-0.2, 0) is 6.42 Å². The van der Waals surface area contributed by atoms with E-state index in [4.69, 9.17) is 5.84 Å². The smallest absolute Gasteiger partial charge is 0.0514 e. The number of nitrogens with zero attached hydrogens (tertiary/aromatic N) is 2. The predicted octanol–water partition coefficient (Wildman–Crippen LogP) is 2.44. The lowest BCUT2D eigenvalue weighted by molar-refractivity contribution is 0.752. The normalized spacial score (nSPS) is 11.5. The van der Waals surface area contributed by atoms with Gasteiger partial charge in [-0.1, -0.05) is 20.8 Å². The molecule has 0 saturated heterocycles. The maximum absolute atomic E-state index is 6.12. The summed E-state index contributed by atoms with van der Waals surface area (Å²) in [5.74, 6) is 6.53. The first-order valence-corrected chi connectivity index (χ1v) is 5.39. The van der Waals surface area contributed by atoms with Crippen molar-refractivity contribution in [3.8, 4) is 0 Å². The second-order valence-corrected chi connectivity index (χ2v) is 4.13. The van der Waals surface area contributed by atoms with E-state index < -0.39 is 0 Å². The Morgan fingerprint density at radius 3 is 2.73 bits per heavy atom. The van der Waals surface area contributed by atoms with Crippen molar-refractivity contribution in [2.75, 3.05) is 5.84 Å². The Morgan fingerprint density at radius 2 is 2.13 bits per heavy atom. The third-order valence-electron chi connectivity index (χ3n) is 2.84. The number of nitrogens with two attached hydrogens (primary N) is 1. The van der Waals surface area contributed by atoms with Crippen LogP contribution in [0.15, 0.2) is 18.5 Å². The Labute approximate surface area is 89.9 Å². The van der Waals surface area contributed by atoms with E-state index in [2.05, 4.69) is 25.8 Å². The van der Waals surface area contributed by atoms with E-state index >= 15 is 0 Å². The molecular formula is C12H17N3. The average Bonchev–Trinajstić information content (AvgIpc) is 2.49. The molecule has 0 bridgehead atoms. The lowest BCUT2D eigenvalue weighted by Gasteiger charge is -2.09. The van der Waals surface area contributed by atoms with Gasteiger partial charge in [-0.15, -0.1) is 0 Å². The molecule has 2 rings (SSSR count). The van der Waals surface area contributed by atoms with E-state index in [1.807, 2.05) is 23.1 Å². The summed E-state index contributed by atoms with van der Waals surface area (Å²) in [6.07, 6.45) is 4.68. The molecule has 0 aliphatic rings. The molecule has 0 spiro atoms. The van der Waals surface area contributed by atoms with Crippen molar-refractivity contribution in [3.63, 3.8) is 0 Å². The molecule has 0 unspecified atom stereocenters. The molecular weight excluding hydrogens is 186 g/mol. The highest BCUT2D eigenvalue weighted by Gasteiger charge is 2.15. The van der Waals surface area contributed by atoms with Gasteiger partial charge in [0.05, 0.1) is 5.69 Å². The maximum atomic E-state index is 6.12. The van der Waals surface area contributed by atoms with Gasteiger partial charge in [-0.05, 0) is 18.4 Å². The van der Waals surface area contributed by atoms with Crippen molar-refractivity contribution in [1.82, 2.24) is 9.66 Å². The quantitative estimate of drug-likeness (QED) is 0.762. The molecule has 0 radical (unpaired) electrons. The zero-order valence-corrected chi connectivity index (χ0v) is 9.49. The van der Waals surface area contributed by atoms with Gasteiger partial charge in [-0.25, -0.2) is 0 Å². The summed E-state index contributed by atoms with van der Waals surface area (Å²) >= 11 is 0. The number of hydrogen-bond donors (Lipinski definition) is 1. The van der Waals surface area contributed by atoms with E-state index in [1.165, 1.54) is 22.2 Å². The van der Waals surface area contributed by atoms with Crippen LogP contribution >= 0.6 is 0 Å². The minimum Gasteiger partial charge on any atom is -0.339 e. The third kappa shape index (κ3) is 1.39. The largest absolute Gasteiger partial charge is 0.339 e. The predicted molar refractivity (Wildman–Crippen MR) is 63.4 cm³/mol. The van der Waals surface area contributed by atoms with Crippen LogP contribution in [0.25, 0.3) is 10.8 Å². The molecule has 80 valence electrons. The number of rotatable bonds is 2. The number of nitrogen functional groups attached to an aromatic ring is 1. The topological polar surface area (TPSA) is 43.8 Å². The highest BCUT2D eigenvalue weighted by Crippen LogP contribution is 2.29. The lowest BCUT2D eigenvalue weighted by atomic mass is 10.1. The highest BCUT2D eigenvalue weighted by molar-refractivity contribution is 5.88. The number of aryl methyl sites for hydroxylation is 1. The van der Waals surface area contributed by atoms with Crippen molar-refractivity contribution in [2.24, 2.45) is 0 Å². The molecule has 0 saturated carbocycles. The van der Waals surface area contributed by atoms with Crippen LogP contribution in [0.2, 0.25) is 0 Å². The minimum atomic E-state index is 0.419. The van der Waals surface area contributed by atoms with Crippen LogP contribution in [0.5, 0.6) is 0 Å². The second kappa shape index (κ2) is 3.57. The molecule has 3 heteroatoms. The Balaban J connectivity index is 2.85. The summed E-state index contributed by atoms with van der Waals surface area (Å²) in [4.78, 5) is 4.18. The summed E-state index contributed by atoms with van der Waals surface area (Å²) in [6.45, 7) is 6.44. The van der Waals surface area contributed by atoms with Crippen LogP contribution in [0, 0.1) is 0 Å². The lowest BCUT2D eigenvalue weighted by Crippen LogP contribution is -2.16. The Kier molecular flexibility index (Phi) is 2.39. The summed E-state index contributed by atoms with van der Waals surface area (Å²) < 4.78 is 1.83. The second-order valence-electron chi connectivity index (χ2n) is 4.13. The third-order valence-corrected chi connectivity index (χ3v) is 2.84. The van der Waals surface area contributed by atoms with Crippen molar-refractivity contribution >= 4 is 10.8 Å². The highest BCUT2D eigenvalue weighted by atomic mass is 15.3. The standard InChI is InChI=1S/C12H17N3/c1-4-11-9-5-6-14-7-10(9)12(8(2)3)15(11)13/h5-8H,4,13H2,1-3H3. The summed E-state index contributed by atoms with van der Waals surface area (Å²) in [7, 11) is 0. The van der Waals surface area contributed by atoms with Gasteiger partial charge in [0, 0.05) is 28.9 Å². The molecule has 2 aromatic rings. The number of aromatic nitrogens is 2. The number of pyridine rings is 1. The first-order valence-electron chi connectivity index (χ1n) is 5.39. The molecule has 2 aromatic heterocycles. The van der Waals surface area contributed by atoms with Crippen LogP contribution in [-0.4, -0.2) is 9.66 Å². The Morgan fingerprint density at radius 1 is 1.40 bits per heavy atom. The molecule has 15 heavy (non-hydrogen) atoms. The van der Waals surface area contributed by atoms with E-state index in [9.17, 15) is 0 Å². The van der Waals surface area contributed by atoms with Gasteiger partial charge in [-0.3, -0.25) is 9.66 Å². The van der Waals surface area contributed by atoms with Gasteiger partial charge in [0.1, 0.15) is 0 Å². The molecule has 0 amide bonds. The van der Waals surface area contributed by atoms with Gasteiger partial charge in [0.15, 0.2) is 0 Å². The van der Waals surface area contributed by atoms with E-state index in [-0.39, 0.29) is 0 Å². The van der Waals surface area contributed by atoms with Crippen molar-refractivity contribution < 1.29 is 0 Å². The molecule has 0 aliphatic heterocycles. The fourth-order valence-electron chi connectivity index (χ4n) is 2.21. The van der Waals surface area contributed by atoms with Crippen LogP contribution in [0.4, 0.5) is 0 Å². The Hall–Kier alpha value is -1.51. The monoisotopic (exact) mass is 203 g/mol. The first kappa shape index (κ1) is 10.0. The maximum Gasteiger partial charge on any atom is 0.0514 e. The van der Waals surface area contributed by atoms with Crippen molar-refractivity contribution in [3.05, 3.63) is 29.8 Å². The zero-order chi connectivity index (χ0) is 11.0. The van der Waals surface area contributed by atoms with Gasteiger partial charge in [0.25, 0.3) is 0 Å². The van der Waals surface area contributed by atoms with Gasteiger partial charge < -0.3 is 5.84 Å². The van der Waals surface area contributed by atoms with Crippen LogP contribution < -0.4 is 5.84 Å². The number of fused-ring (bicyclic) bond motifs is 1. The van der Waals surface area contributed by atoms with E-state index in [0.717, 1.165) is 6.42 Å². The zero-order valence-electron chi connectivity index (χ0n) is 9.49. The van der Waals surface area contributed by atoms with Crippen LogP contribution in [0.3, 0.4) is 0 Å². The molecule has 2 heterocycles. The average molecular weight is 203 g/mol. The molecule has 2 N–H and O–H groups in total. The Bertz CT molecular complexity index is 483.